The van der Waals surface area contributed by atoms with Gasteiger partial charge in [-0.25, -0.2) is 0 Å². The van der Waals surface area contributed by atoms with Crippen molar-refractivity contribution < 1.29 is 14.3 Å². The number of carbonyl (C=O) groups is 1. The van der Waals surface area contributed by atoms with Crippen molar-refractivity contribution in [2.75, 3.05) is 6.79 Å². The van der Waals surface area contributed by atoms with Crippen molar-refractivity contribution >= 4 is 5.91 Å². The standard InChI is InChI=1S/C22H23N3O3/c1-15-18(13-25(2)24-15)12-23-22(26)11-19(16-6-4-3-5-7-16)17-8-9-20-21(10-17)28-14-27-20/h3-10,13,19H,11-12,14H2,1-2H3,(H,23,26)/t19-/m1/s1. The summed E-state index contributed by atoms with van der Waals surface area (Å²) >= 11 is 0. The Morgan fingerprint density at radius 3 is 2.68 bits per heavy atom. The van der Waals surface area contributed by atoms with Gasteiger partial charge < -0.3 is 14.8 Å². The SMILES string of the molecule is Cc1nn(C)cc1CNC(=O)C[C@H](c1ccccc1)c1ccc2c(c1)OCO2. The van der Waals surface area contributed by atoms with Crippen LogP contribution in [0.15, 0.2) is 54.7 Å². The van der Waals surface area contributed by atoms with Crippen LogP contribution in [0.2, 0.25) is 0 Å². The maximum Gasteiger partial charge on any atom is 0.231 e. The summed E-state index contributed by atoms with van der Waals surface area (Å²) in [7, 11) is 1.88. The van der Waals surface area contributed by atoms with Gasteiger partial charge in [-0.1, -0.05) is 36.4 Å². The molecule has 0 bridgehead atoms. The Bertz CT molecular complexity index is 982. The first-order valence-electron chi connectivity index (χ1n) is 9.30. The highest BCUT2D eigenvalue weighted by Crippen LogP contribution is 2.37. The van der Waals surface area contributed by atoms with Crippen LogP contribution in [0.5, 0.6) is 11.5 Å². The van der Waals surface area contributed by atoms with Crippen LogP contribution < -0.4 is 14.8 Å². The van der Waals surface area contributed by atoms with Crippen molar-refractivity contribution in [1.82, 2.24) is 15.1 Å². The first-order valence-corrected chi connectivity index (χ1v) is 9.30. The molecule has 1 aliphatic rings. The molecule has 3 aromatic rings. The quantitative estimate of drug-likeness (QED) is 0.716. The molecule has 0 fully saturated rings. The first kappa shape index (κ1) is 18.1. The maximum atomic E-state index is 12.7. The van der Waals surface area contributed by atoms with E-state index in [0.717, 1.165) is 33.9 Å². The lowest BCUT2D eigenvalue weighted by Gasteiger charge is -2.18. The van der Waals surface area contributed by atoms with Gasteiger partial charge in [0.25, 0.3) is 0 Å². The summed E-state index contributed by atoms with van der Waals surface area (Å²) < 4.78 is 12.7. The van der Waals surface area contributed by atoms with Gasteiger partial charge >= 0.3 is 0 Å². The second kappa shape index (κ2) is 7.76. The maximum absolute atomic E-state index is 12.7. The number of amides is 1. The summed E-state index contributed by atoms with van der Waals surface area (Å²) in [6.45, 7) is 2.65. The Morgan fingerprint density at radius 1 is 1.14 bits per heavy atom. The lowest BCUT2D eigenvalue weighted by atomic mass is 9.88. The fourth-order valence-electron chi connectivity index (χ4n) is 3.52. The van der Waals surface area contributed by atoms with Gasteiger partial charge in [0.1, 0.15) is 0 Å². The van der Waals surface area contributed by atoms with Gasteiger partial charge in [-0.3, -0.25) is 9.48 Å². The number of aromatic nitrogens is 2. The molecular weight excluding hydrogens is 354 g/mol. The summed E-state index contributed by atoms with van der Waals surface area (Å²) in [6.07, 6.45) is 2.28. The van der Waals surface area contributed by atoms with Crippen LogP contribution in [-0.2, 0) is 18.4 Å². The number of hydrogen-bond acceptors (Lipinski definition) is 4. The molecule has 4 rings (SSSR count). The topological polar surface area (TPSA) is 65.4 Å². The molecule has 0 spiro atoms. The van der Waals surface area contributed by atoms with E-state index < -0.39 is 0 Å². The number of fused-ring (bicyclic) bond motifs is 1. The number of rotatable bonds is 6. The molecule has 1 aromatic heterocycles. The molecule has 6 heteroatoms. The Labute approximate surface area is 164 Å². The summed E-state index contributed by atoms with van der Waals surface area (Å²) in [5.41, 5.74) is 4.07. The monoisotopic (exact) mass is 377 g/mol. The molecule has 28 heavy (non-hydrogen) atoms. The third kappa shape index (κ3) is 3.86. The zero-order chi connectivity index (χ0) is 19.5. The van der Waals surface area contributed by atoms with Gasteiger partial charge in [-0.15, -0.1) is 0 Å². The molecule has 0 unspecified atom stereocenters. The number of ether oxygens (including phenoxy) is 2. The molecule has 1 atom stereocenters. The van der Waals surface area contributed by atoms with E-state index in [-0.39, 0.29) is 18.6 Å². The van der Waals surface area contributed by atoms with Crippen LogP contribution >= 0.6 is 0 Å². The molecule has 2 aromatic carbocycles. The van der Waals surface area contributed by atoms with Crippen molar-refractivity contribution in [2.24, 2.45) is 7.05 Å². The molecule has 0 aliphatic carbocycles. The predicted molar refractivity (Wildman–Crippen MR) is 105 cm³/mol. The van der Waals surface area contributed by atoms with Gasteiger partial charge in [0.15, 0.2) is 11.5 Å². The van der Waals surface area contributed by atoms with Gasteiger partial charge in [0.2, 0.25) is 12.7 Å². The number of carbonyl (C=O) groups excluding carboxylic acids is 1. The summed E-state index contributed by atoms with van der Waals surface area (Å²) in [5, 5.41) is 7.35. The van der Waals surface area contributed by atoms with E-state index >= 15 is 0 Å². The lowest BCUT2D eigenvalue weighted by molar-refractivity contribution is -0.121. The summed E-state index contributed by atoms with van der Waals surface area (Å²) in [4.78, 5) is 12.7. The fraction of sp³-hybridized carbons (Fsp3) is 0.273. The van der Waals surface area contributed by atoms with Crippen LogP contribution in [0.1, 0.15) is 34.7 Å². The van der Waals surface area contributed by atoms with Crippen LogP contribution in [0.25, 0.3) is 0 Å². The van der Waals surface area contributed by atoms with Crippen LogP contribution in [0.4, 0.5) is 0 Å². The Balaban J connectivity index is 1.52. The Hall–Kier alpha value is -3.28. The second-order valence-electron chi connectivity index (χ2n) is 6.97. The zero-order valence-corrected chi connectivity index (χ0v) is 16.0. The third-order valence-corrected chi connectivity index (χ3v) is 4.98. The van der Waals surface area contributed by atoms with Crippen molar-refractivity contribution in [3.05, 3.63) is 77.1 Å². The van der Waals surface area contributed by atoms with Gasteiger partial charge in [0, 0.05) is 37.7 Å². The first-order chi connectivity index (χ1) is 13.6. The lowest BCUT2D eigenvalue weighted by Crippen LogP contribution is -2.25. The van der Waals surface area contributed by atoms with E-state index in [9.17, 15) is 4.79 Å². The highest BCUT2D eigenvalue weighted by atomic mass is 16.7. The van der Waals surface area contributed by atoms with E-state index in [1.165, 1.54) is 0 Å². The van der Waals surface area contributed by atoms with Gasteiger partial charge in [-0.05, 0) is 30.2 Å². The smallest absolute Gasteiger partial charge is 0.231 e. The third-order valence-electron chi connectivity index (χ3n) is 4.98. The molecule has 1 N–H and O–H groups in total. The van der Waals surface area contributed by atoms with E-state index in [1.807, 2.05) is 68.7 Å². The molecular formula is C22H23N3O3. The molecule has 1 aliphatic heterocycles. The van der Waals surface area contributed by atoms with E-state index in [1.54, 1.807) is 4.68 Å². The van der Waals surface area contributed by atoms with Crippen molar-refractivity contribution in [1.29, 1.82) is 0 Å². The van der Waals surface area contributed by atoms with Gasteiger partial charge in [-0.2, -0.15) is 5.10 Å². The number of hydrogen-bond donors (Lipinski definition) is 1. The number of nitrogens with one attached hydrogen (secondary N) is 1. The average Bonchev–Trinajstić information content (AvgIpc) is 3.30. The molecule has 144 valence electrons. The van der Waals surface area contributed by atoms with E-state index in [2.05, 4.69) is 10.4 Å². The molecule has 1 amide bonds. The van der Waals surface area contributed by atoms with Crippen molar-refractivity contribution in [2.45, 2.75) is 25.8 Å². The highest BCUT2D eigenvalue weighted by Gasteiger charge is 2.22. The Kier molecular flexibility index (Phi) is 5.02. The minimum absolute atomic E-state index is 0.00484. The Morgan fingerprint density at radius 2 is 1.93 bits per heavy atom. The highest BCUT2D eigenvalue weighted by molar-refractivity contribution is 5.77. The molecule has 6 nitrogen and oxygen atoms in total. The van der Waals surface area contributed by atoms with Gasteiger partial charge in [0.05, 0.1) is 5.69 Å². The molecule has 0 saturated carbocycles. The number of benzene rings is 2. The van der Waals surface area contributed by atoms with Crippen LogP contribution in [-0.4, -0.2) is 22.5 Å². The largest absolute Gasteiger partial charge is 0.454 e. The number of nitrogens with zero attached hydrogens (tertiary/aromatic N) is 2. The number of aryl methyl sites for hydroxylation is 2. The van der Waals surface area contributed by atoms with E-state index in [0.29, 0.717) is 13.0 Å². The van der Waals surface area contributed by atoms with Crippen LogP contribution in [0.3, 0.4) is 0 Å². The second-order valence-corrected chi connectivity index (χ2v) is 6.97. The predicted octanol–water partition coefficient (Wildman–Crippen LogP) is 3.30. The summed E-state index contributed by atoms with van der Waals surface area (Å²) in [5.74, 6) is 1.40. The minimum atomic E-state index is -0.0642. The van der Waals surface area contributed by atoms with Crippen LogP contribution in [0, 0.1) is 6.92 Å². The minimum Gasteiger partial charge on any atom is -0.454 e. The zero-order valence-electron chi connectivity index (χ0n) is 16.0. The van der Waals surface area contributed by atoms with Crippen molar-refractivity contribution in [3.63, 3.8) is 0 Å². The molecule has 2 heterocycles. The molecule has 0 radical (unpaired) electrons. The van der Waals surface area contributed by atoms with E-state index in [4.69, 9.17) is 9.47 Å². The normalized spacial score (nSPS) is 13.4. The summed E-state index contributed by atoms with van der Waals surface area (Å²) in [6, 6.07) is 15.9. The average molecular weight is 377 g/mol. The molecule has 0 saturated heterocycles. The fourth-order valence-corrected chi connectivity index (χ4v) is 3.52. The van der Waals surface area contributed by atoms with Crippen molar-refractivity contribution in [3.8, 4) is 11.5 Å².